The Bertz CT molecular complexity index is 326. The summed E-state index contributed by atoms with van der Waals surface area (Å²) in [4.78, 5) is 9.81. The summed E-state index contributed by atoms with van der Waals surface area (Å²) in [7, 11) is 0. The lowest BCUT2D eigenvalue weighted by Crippen LogP contribution is -2.50. The van der Waals surface area contributed by atoms with Crippen LogP contribution in [0.4, 0.5) is 0 Å². The molecule has 0 saturated carbocycles. The average molecular weight is 254 g/mol. The molecule has 0 aromatic carbocycles. The number of hydroxylamine groups is 1. The maximum atomic E-state index is 11.9. The predicted molar refractivity (Wildman–Crippen MR) is 59.9 cm³/mol. The molecule has 86 valence electrons. The molecular formula is C8H13Cl2N3O2. The molecular weight excluding hydrogens is 241 g/mol. The summed E-state index contributed by atoms with van der Waals surface area (Å²) >= 11 is 11.5. The summed E-state index contributed by atoms with van der Waals surface area (Å²) in [5.41, 5.74) is -1.71. The molecule has 0 bridgehead atoms. The van der Waals surface area contributed by atoms with Gasteiger partial charge in [0, 0.05) is 13.8 Å². The molecule has 1 aliphatic heterocycles. The Hall–Kier alpha value is -0.550. The van der Waals surface area contributed by atoms with Crippen LogP contribution in [0.3, 0.4) is 0 Å². The van der Waals surface area contributed by atoms with Crippen LogP contribution in [0.15, 0.2) is 5.29 Å². The second kappa shape index (κ2) is 3.49. The van der Waals surface area contributed by atoms with Crippen LogP contribution in [-0.4, -0.2) is 31.5 Å². The van der Waals surface area contributed by atoms with Gasteiger partial charge in [0.05, 0.1) is 5.29 Å². The molecule has 0 aromatic heterocycles. The number of nitroso groups, excluding NO2 is 1. The topological polar surface area (TPSA) is 58.7 Å². The SMILES string of the molecule is CC1(C)C(C(Cl)Cl)=[N+]([O-])C(C)(C)N1N=O. The third kappa shape index (κ3) is 1.58. The molecule has 5 nitrogen and oxygen atoms in total. The molecule has 0 unspecified atom stereocenters. The van der Waals surface area contributed by atoms with Crippen molar-refractivity contribution < 1.29 is 4.74 Å². The van der Waals surface area contributed by atoms with Crippen LogP contribution in [0, 0.1) is 10.1 Å². The average Bonchev–Trinajstić information content (AvgIpc) is 2.14. The fourth-order valence-electron chi connectivity index (χ4n) is 1.98. The molecule has 1 heterocycles. The number of alkyl halides is 2. The molecule has 15 heavy (non-hydrogen) atoms. The number of halogens is 2. The fraction of sp³-hybridized carbons (Fsp3) is 0.875. The Morgan fingerprint density at radius 2 is 1.87 bits per heavy atom. The van der Waals surface area contributed by atoms with Gasteiger partial charge in [0.25, 0.3) is 5.66 Å². The van der Waals surface area contributed by atoms with Gasteiger partial charge in [0.2, 0.25) is 5.71 Å². The summed E-state index contributed by atoms with van der Waals surface area (Å²) in [6.45, 7) is 6.54. The Labute approximate surface area is 98.2 Å². The van der Waals surface area contributed by atoms with Gasteiger partial charge in [-0.1, -0.05) is 23.2 Å². The van der Waals surface area contributed by atoms with E-state index >= 15 is 0 Å². The maximum Gasteiger partial charge on any atom is 0.260 e. The van der Waals surface area contributed by atoms with Gasteiger partial charge >= 0.3 is 0 Å². The van der Waals surface area contributed by atoms with Gasteiger partial charge in [0.1, 0.15) is 5.54 Å². The first-order valence-corrected chi connectivity index (χ1v) is 5.31. The van der Waals surface area contributed by atoms with Crippen molar-refractivity contribution in [2.45, 2.75) is 43.7 Å². The first-order valence-electron chi connectivity index (χ1n) is 4.43. The van der Waals surface area contributed by atoms with E-state index in [2.05, 4.69) is 5.29 Å². The summed E-state index contributed by atoms with van der Waals surface area (Å²) in [6.07, 6.45) is 0. The van der Waals surface area contributed by atoms with Gasteiger partial charge in [-0.25, -0.2) is 0 Å². The zero-order chi connectivity index (χ0) is 12.0. The van der Waals surface area contributed by atoms with Crippen LogP contribution in [0.2, 0.25) is 0 Å². The van der Waals surface area contributed by atoms with Gasteiger partial charge in [-0.2, -0.15) is 9.75 Å². The second-order valence-electron chi connectivity index (χ2n) is 4.43. The van der Waals surface area contributed by atoms with Gasteiger partial charge in [-0.05, 0) is 13.8 Å². The molecule has 0 aliphatic carbocycles. The predicted octanol–water partition coefficient (Wildman–Crippen LogP) is 2.25. The molecule has 1 aliphatic rings. The van der Waals surface area contributed by atoms with Crippen molar-refractivity contribution in [3.05, 3.63) is 10.1 Å². The van der Waals surface area contributed by atoms with E-state index in [4.69, 9.17) is 23.2 Å². The van der Waals surface area contributed by atoms with Crippen LogP contribution < -0.4 is 0 Å². The molecule has 0 saturated heterocycles. The highest BCUT2D eigenvalue weighted by Gasteiger charge is 2.59. The van der Waals surface area contributed by atoms with Gasteiger partial charge < -0.3 is 5.21 Å². The normalized spacial score (nSPS) is 23.8. The largest absolute Gasteiger partial charge is 0.622 e. The second-order valence-corrected chi connectivity index (χ2v) is 5.52. The van der Waals surface area contributed by atoms with Crippen molar-refractivity contribution in [3.63, 3.8) is 0 Å². The summed E-state index contributed by atoms with van der Waals surface area (Å²) in [5, 5.41) is 16.0. The fourth-order valence-corrected chi connectivity index (χ4v) is 2.69. The van der Waals surface area contributed by atoms with E-state index in [-0.39, 0.29) is 5.71 Å². The summed E-state index contributed by atoms with van der Waals surface area (Å²) < 4.78 is 0.652. The first-order chi connectivity index (χ1) is 6.67. The molecule has 0 aromatic rings. The lowest BCUT2D eigenvalue weighted by Gasteiger charge is -2.30. The Balaban J connectivity index is 3.37. The smallest absolute Gasteiger partial charge is 0.260 e. The van der Waals surface area contributed by atoms with E-state index in [1.807, 2.05) is 0 Å². The highest BCUT2D eigenvalue weighted by atomic mass is 35.5. The van der Waals surface area contributed by atoms with Crippen LogP contribution in [0.25, 0.3) is 0 Å². The van der Waals surface area contributed by atoms with Crippen LogP contribution in [0.1, 0.15) is 27.7 Å². The number of rotatable bonds is 2. The third-order valence-corrected chi connectivity index (χ3v) is 3.09. The van der Waals surface area contributed by atoms with E-state index in [0.717, 1.165) is 0 Å². The quantitative estimate of drug-likeness (QED) is 0.328. The van der Waals surface area contributed by atoms with E-state index in [0.29, 0.717) is 4.74 Å². The highest BCUT2D eigenvalue weighted by molar-refractivity contribution is 6.54. The number of hydrogen-bond acceptors (Lipinski definition) is 3. The molecule has 0 fully saturated rings. The zero-order valence-corrected chi connectivity index (χ0v) is 10.5. The molecule has 0 atom stereocenters. The van der Waals surface area contributed by atoms with Crippen molar-refractivity contribution in [1.29, 1.82) is 0 Å². The first kappa shape index (κ1) is 12.5. The maximum absolute atomic E-state index is 11.9. The monoisotopic (exact) mass is 253 g/mol. The minimum absolute atomic E-state index is 0.232. The van der Waals surface area contributed by atoms with E-state index in [1.54, 1.807) is 27.7 Å². The lowest BCUT2D eigenvalue weighted by molar-refractivity contribution is -0.559. The van der Waals surface area contributed by atoms with E-state index < -0.39 is 16.0 Å². The van der Waals surface area contributed by atoms with Crippen LogP contribution in [-0.2, 0) is 0 Å². The van der Waals surface area contributed by atoms with Crippen molar-refractivity contribution in [2.24, 2.45) is 5.29 Å². The molecule has 0 radical (unpaired) electrons. The number of hydrogen-bond donors (Lipinski definition) is 0. The minimum atomic E-state index is -1.07. The molecule has 7 heteroatoms. The molecule has 0 N–H and O–H groups in total. The zero-order valence-electron chi connectivity index (χ0n) is 8.99. The Morgan fingerprint density at radius 3 is 2.07 bits per heavy atom. The number of nitrogens with zero attached hydrogens (tertiary/aromatic N) is 3. The molecule has 0 amide bonds. The lowest BCUT2D eigenvalue weighted by atomic mass is 9.99. The van der Waals surface area contributed by atoms with Crippen molar-refractivity contribution >= 4 is 28.9 Å². The van der Waals surface area contributed by atoms with Gasteiger partial charge in [-0.3, -0.25) is 0 Å². The van der Waals surface area contributed by atoms with Crippen LogP contribution >= 0.6 is 23.2 Å². The summed E-state index contributed by atoms with van der Waals surface area (Å²) in [5.74, 6) is 0. The van der Waals surface area contributed by atoms with Crippen molar-refractivity contribution in [2.75, 3.05) is 0 Å². The van der Waals surface area contributed by atoms with Crippen molar-refractivity contribution in [3.8, 4) is 0 Å². The highest BCUT2D eigenvalue weighted by Crippen LogP contribution is 2.37. The van der Waals surface area contributed by atoms with E-state index in [9.17, 15) is 10.1 Å². The van der Waals surface area contributed by atoms with Gasteiger partial charge in [-0.15, -0.1) is 4.91 Å². The Morgan fingerprint density at radius 1 is 1.40 bits per heavy atom. The van der Waals surface area contributed by atoms with Crippen LogP contribution in [0.5, 0.6) is 0 Å². The molecule has 1 rings (SSSR count). The summed E-state index contributed by atoms with van der Waals surface area (Å²) in [6, 6.07) is 0. The van der Waals surface area contributed by atoms with Gasteiger partial charge in [0.15, 0.2) is 4.84 Å². The minimum Gasteiger partial charge on any atom is -0.622 e. The standard InChI is InChI=1S/C8H13Cl2N3O2/c1-7(2)5(6(9)10)12(15)8(3,4)13(7)11-14/h6H,1-4H3. The third-order valence-electron chi connectivity index (χ3n) is 2.68. The molecule has 0 spiro atoms. The Kier molecular flexibility index (Phi) is 2.91. The van der Waals surface area contributed by atoms with E-state index in [1.165, 1.54) is 5.01 Å². The van der Waals surface area contributed by atoms with Crippen molar-refractivity contribution in [1.82, 2.24) is 5.01 Å².